The number of carboxylic acids is 1. The second-order valence-electron chi connectivity index (χ2n) is 3.58. The van der Waals surface area contributed by atoms with Crippen LogP contribution in [0, 0.1) is 12.8 Å². The Balaban J connectivity index is 2.96. The fourth-order valence-electron chi connectivity index (χ4n) is 1.28. The van der Waals surface area contributed by atoms with Gasteiger partial charge in [-0.25, -0.2) is 0 Å². The summed E-state index contributed by atoms with van der Waals surface area (Å²) in [6.45, 7) is 3.39. The number of carbonyl (C=O) groups is 1. The Kier molecular flexibility index (Phi) is 3.88. The van der Waals surface area contributed by atoms with Gasteiger partial charge in [-0.1, -0.05) is 28.1 Å². The monoisotopic (exact) mass is 272 g/mol. The highest BCUT2D eigenvalue weighted by Gasteiger charge is 2.22. The van der Waals surface area contributed by atoms with Crippen molar-refractivity contribution in [3.05, 3.63) is 33.8 Å². The maximum Gasteiger partial charge on any atom is 0.309 e. The second kappa shape index (κ2) is 4.77. The zero-order chi connectivity index (χ0) is 11.6. The molecule has 0 spiro atoms. The molecule has 82 valence electrons. The van der Waals surface area contributed by atoms with Crippen molar-refractivity contribution in [3.8, 4) is 0 Å². The number of carboxylic acid groups (broad SMARTS) is 1. The summed E-state index contributed by atoms with van der Waals surface area (Å²) in [6.07, 6.45) is -0.964. The van der Waals surface area contributed by atoms with E-state index in [1.54, 1.807) is 12.1 Å². The lowest BCUT2D eigenvalue weighted by atomic mass is 9.96. The van der Waals surface area contributed by atoms with Gasteiger partial charge in [0.2, 0.25) is 0 Å². The van der Waals surface area contributed by atoms with Crippen LogP contribution < -0.4 is 0 Å². The van der Waals surface area contributed by atoms with Crippen molar-refractivity contribution < 1.29 is 15.0 Å². The molecule has 0 amide bonds. The first-order valence-corrected chi connectivity index (χ1v) is 5.39. The highest BCUT2D eigenvalue weighted by molar-refractivity contribution is 9.10. The van der Waals surface area contributed by atoms with Gasteiger partial charge in [0.25, 0.3) is 0 Å². The number of aliphatic hydroxyl groups excluding tert-OH is 1. The lowest BCUT2D eigenvalue weighted by molar-refractivity contribution is -0.145. The smallest absolute Gasteiger partial charge is 0.309 e. The molecule has 1 rings (SSSR count). The number of benzene rings is 1. The van der Waals surface area contributed by atoms with E-state index in [2.05, 4.69) is 15.9 Å². The molecule has 0 saturated carbocycles. The Morgan fingerprint density at radius 1 is 1.47 bits per heavy atom. The van der Waals surface area contributed by atoms with E-state index < -0.39 is 18.0 Å². The van der Waals surface area contributed by atoms with Crippen molar-refractivity contribution in [3.63, 3.8) is 0 Å². The number of aliphatic hydroxyl groups is 1. The molecule has 3 nitrogen and oxygen atoms in total. The molecule has 0 aliphatic heterocycles. The van der Waals surface area contributed by atoms with Crippen molar-refractivity contribution in [2.45, 2.75) is 20.0 Å². The predicted octanol–water partition coefficient (Wildman–Crippen LogP) is 2.51. The Morgan fingerprint density at radius 3 is 2.53 bits per heavy atom. The van der Waals surface area contributed by atoms with Crippen LogP contribution in [0.4, 0.5) is 0 Å². The lowest BCUT2D eigenvalue weighted by Crippen LogP contribution is -2.18. The minimum atomic E-state index is -0.997. The van der Waals surface area contributed by atoms with E-state index in [0.29, 0.717) is 5.56 Å². The SMILES string of the molecule is Cc1cc(C(O)C(C)C(=O)O)ccc1Br. The summed E-state index contributed by atoms with van der Waals surface area (Å²) in [7, 11) is 0. The summed E-state index contributed by atoms with van der Waals surface area (Å²) in [6, 6.07) is 5.32. The molecule has 4 heteroatoms. The third-order valence-corrected chi connectivity index (χ3v) is 3.28. The van der Waals surface area contributed by atoms with Crippen LogP contribution in [0.1, 0.15) is 24.2 Å². The summed E-state index contributed by atoms with van der Waals surface area (Å²) in [4.78, 5) is 10.7. The molecule has 2 unspecified atom stereocenters. The molecule has 1 aromatic carbocycles. The van der Waals surface area contributed by atoms with Crippen LogP contribution in [-0.2, 0) is 4.79 Å². The first-order chi connectivity index (χ1) is 6.93. The number of aliphatic carboxylic acids is 1. The number of hydrogen-bond donors (Lipinski definition) is 2. The average Bonchev–Trinajstić information content (AvgIpc) is 2.19. The second-order valence-corrected chi connectivity index (χ2v) is 4.43. The Morgan fingerprint density at radius 2 is 2.07 bits per heavy atom. The van der Waals surface area contributed by atoms with Crippen LogP contribution in [0.5, 0.6) is 0 Å². The summed E-state index contributed by atoms with van der Waals surface area (Å²) in [5, 5.41) is 18.5. The third kappa shape index (κ3) is 2.79. The Labute approximate surface area is 96.9 Å². The molecule has 15 heavy (non-hydrogen) atoms. The molecule has 0 heterocycles. The van der Waals surface area contributed by atoms with Gasteiger partial charge in [-0.05, 0) is 31.0 Å². The number of rotatable bonds is 3. The molecule has 0 radical (unpaired) electrons. The van der Waals surface area contributed by atoms with Gasteiger partial charge in [-0.2, -0.15) is 0 Å². The molecule has 0 saturated heterocycles. The summed E-state index contributed by atoms with van der Waals surface area (Å²) >= 11 is 3.35. The molecule has 0 bridgehead atoms. The van der Waals surface area contributed by atoms with E-state index in [-0.39, 0.29) is 0 Å². The maximum absolute atomic E-state index is 10.7. The zero-order valence-electron chi connectivity index (χ0n) is 8.57. The fraction of sp³-hybridized carbons (Fsp3) is 0.364. The summed E-state index contributed by atoms with van der Waals surface area (Å²) in [5.74, 6) is -1.80. The van der Waals surface area contributed by atoms with Crippen LogP contribution in [0.2, 0.25) is 0 Å². The molecule has 2 N–H and O–H groups in total. The average molecular weight is 273 g/mol. The first kappa shape index (κ1) is 12.2. The van der Waals surface area contributed by atoms with Gasteiger partial charge in [0, 0.05) is 4.47 Å². The molecule has 0 aromatic heterocycles. The molecule has 0 fully saturated rings. The molecule has 2 atom stereocenters. The minimum absolute atomic E-state index is 0.630. The molecule has 0 aliphatic rings. The van der Waals surface area contributed by atoms with E-state index >= 15 is 0 Å². The van der Waals surface area contributed by atoms with Crippen molar-refractivity contribution in [2.24, 2.45) is 5.92 Å². The van der Waals surface area contributed by atoms with Crippen LogP contribution in [-0.4, -0.2) is 16.2 Å². The van der Waals surface area contributed by atoms with Crippen molar-refractivity contribution >= 4 is 21.9 Å². The standard InChI is InChI=1S/C11H13BrO3/c1-6-5-8(3-4-9(6)12)10(13)7(2)11(14)15/h3-5,7,10,13H,1-2H3,(H,14,15). The summed E-state index contributed by atoms with van der Waals surface area (Å²) in [5.41, 5.74) is 1.61. The number of halogens is 1. The van der Waals surface area contributed by atoms with Gasteiger partial charge in [-0.3, -0.25) is 4.79 Å². The number of aryl methyl sites for hydroxylation is 1. The summed E-state index contributed by atoms with van der Waals surface area (Å²) < 4.78 is 0.946. The van der Waals surface area contributed by atoms with Crippen LogP contribution in [0.25, 0.3) is 0 Å². The van der Waals surface area contributed by atoms with Crippen LogP contribution in [0.3, 0.4) is 0 Å². The van der Waals surface area contributed by atoms with E-state index in [1.165, 1.54) is 6.92 Å². The van der Waals surface area contributed by atoms with E-state index in [1.807, 2.05) is 13.0 Å². The first-order valence-electron chi connectivity index (χ1n) is 4.60. The zero-order valence-corrected chi connectivity index (χ0v) is 10.2. The van der Waals surface area contributed by atoms with Crippen molar-refractivity contribution in [1.29, 1.82) is 0 Å². The van der Waals surface area contributed by atoms with Gasteiger partial charge in [-0.15, -0.1) is 0 Å². The van der Waals surface area contributed by atoms with Gasteiger partial charge < -0.3 is 10.2 Å². The maximum atomic E-state index is 10.7. The number of hydrogen-bond acceptors (Lipinski definition) is 2. The predicted molar refractivity (Wildman–Crippen MR) is 60.6 cm³/mol. The largest absolute Gasteiger partial charge is 0.481 e. The minimum Gasteiger partial charge on any atom is -0.481 e. The van der Waals surface area contributed by atoms with E-state index in [9.17, 15) is 9.90 Å². The topological polar surface area (TPSA) is 57.5 Å². The van der Waals surface area contributed by atoms with E-state index in [0.717, 1.165) is 10.0 Å². The van der Waals surface area contributed by atoms with Crippen molar-refractivity contribution in [2.75, 3.05) is 0 Å². The fourth-order valence-corrected chi connectivity index (χ4v) is 1.52. The molecule has 0 aliphatic carbocycles. The highest BCUT2D eigenvalue weighted by Crippen LogP contribution is 2.25. The molecule has 1 aromatic rings. The quantitative estimate of drug-likeness (QED) is 0.889. The van der Waals surface area contributed by atoms with Crippen LogP contribution >= 0.6 is 15.9 Å². The third-order valence-electron chi connectivity index (χ3n) is 2.39. The van der Waals surface area contributed by atoms with Gasteiger partial charge in [0.15, 0.2) is 0 Å². The highest BCUT2D eigenvalue weighted by atomic mass is 79.9. The van der Waals surface area contributed by atoms with Crippen LogP contribution in [0.15, 0.2) is 22.7 Å². The Hall–Kier alpha value is -0.870. The Bertz CT molecular complexity index is 376. The lowest BCUT2D eigenvalue weighted by Gasteiger charge is -2.16. The molecular formula is C11H13BrO3. The van der Waals surface area contributed by atoms with E-state index in [4.69, 9.17) is 5.11 Å². The van der Waals surface area contributed by atoms with Gasteiger partial charge in [0.1, 0.15) is 0 Å². The molecular weight excluding hydrogens is 260 g/mol. The van der Waals surface area contributed by atoms with Gasteiger partial charge in [0.05, 0.1) is 12.0 Å². The van der Waals surface area contributed by atoms with Gasteiger partial charge >= 0.3 is 5.97 Å². The normalized spacial score (nSPS) is 14.7. The van der Waals surface area contributed by atoms with Crippen molar-refractivity contribution in [1.82, 2.24) is 0 Å².